The van der Waals surface area contributed by atoms with Gasteiger partial charge in [-0.2, -0.15) is 0 Å². The molecule has 0 radical (unpaired) electrons. The molecule has 3 aromatic rings. The van der Waals surface area contributed by atoms with Gasteiger partial charge in [0.25, 0.3) is 10.0 Å². The van der Waals surface area contributed by atoms with Crippen LogP contribution in [0.3, 0.4) is 0 Å². The van der Waals surface area contributed by atoms with E-state index >= 15 is 0 Å². The van der Waals surface area contributed by atoms with Gasteiger partial charge in [0.2, 0.25) is 10.0 Å². The molecule has 28 heavy (non-hydrogen) atoms. The molecule has 0 amide bonds. The summed E-state index contributed by atoms with van der Waals surface area (Å²) in [5, 5.41) is 7.01. The molecule has 0 spiro atoms. The maximum absolute atomic E-state index is 13.4. The first-order chi connectivity index (χ1) is 13.2. The highest BCUT2D eigenvalue weighted by atomic mass is 32.2. The van der Waals surface area contributed by atoms with Crippen molar-refractivity contribution in [1.82, 2.24) is 0 Å². The second kappa shape index (κ2) is 7.92. The summed E-state index contributed by atoms with van der Waals surface area (Å²) in [6.45, 7) is 0.103. The van der Waals surface area contributed by atoms with Gasteiger partial charge in [-0.1, -0.05) is 12.1 Å². The predicted octanol–water partition coefficient (Wildman–Crippen LogP) is 2.80. The average Bonchev–Trinajstić information content (AvgIpc) is 3.19. The Kier molecular flexibility index (Phi) is 5.75. The Morgan fingerprint density at radius 1 is 0.964 bits per heavy atom. The fourth-order valence-corrected chi connectivity index (χ4v) is 5.44. The molecular formula is C18H18N2O5S3. The third-order valence-electron chi connectivity index (χ3n) is 3.96. The van der Waals surface area contributed by atoms with Crippen LogP contribution in [0.5, 0.6) is 5.75 Å². The minimum absolute atomic E-state index is 0.103. The molecule has 0 aliphatic carbocycles. The summed E-state index contributed by atoms with van der Waals surface area (Å²) in [7, 11) is -6.56. The summed E-state index contributed by atoms with van der Waals surface area (Å²) in [4.78, 5) is 0.410. The van der Waals surface area contributed by atoms with Crippen LogP contribution < -0.4 is 14.2 Å². The summed E-state index contributed by atoms with van der Waals surface area (Å²) < 4.78 is 56.3. The Labute approximate surface area is 168 Å². The van der Waals surface area contributed by atoms with Crippen molar-refractivity contribution in [2.24, 2.45) is 5.14 Å². The molecule has 2 aromatic carbocycles. The minimum Gasteiger partial charge on any atom is -0.497 e. The van der Waals surface area contributed by atoms with Crippen LogP contribution in [-0.2, 0) is 26.6 Å². The fraction of sp³-hybridized carbons (Fsp3) is 0.111. The molecule has 1 aromatic heterocycles. The van der Waals surface area contributed by atoms with Crippen LogP contribution in [0.4, 0.5) is 5.69 Å². The van der Waals surface area contributed by atoms with Gasteiger partial charge in [-0.15, -0.1) is 11.3 Å². The molecule has 0 unspecified atom stereocenters. The number of sulfonamides is 2. The number of nitrogens with zero attached hydrogens (tertiary/aromatic N) is 1. The number of rotatable bonds is 7. The van der Waals surface area contributed by atoms with Crippen molar-refractivity contribution < 1.29 is 21.6 Å². The summed E-state index contributed by atoms with van der Waals surface area (Å²) >= 11 is 1.43. The van der Waals surface area contributed by atoms with E-state index in [0.717, 1.165) is 10.9 Å². The summed E-state index contributed by atoms with van der Waals surface area (Å²) in [5.41, 5.74) is 0.426. The summed E-state index contributed by atoms with van der Waals surface area (Å²) in [5.74, 6) is 0.591. The number of thiophene rings is 1. The van der Waals surface area contributed by atoms with Crippen LogP contribution in [0.1, 0.15) is 4.88 Å². The van der Waals surface area contributed by atoms with Gasteiger partial charge in [0.05, 0.1) is 29.1 Å². The number of hydrogen-bond donors (Lipinski definition) is 1. The van der Waals surface area contributed by atoms with Crippen LogP contribution in [-0.4, -0.2) is 23.9 Å². The summed E-state index contributed by atoms with van der Waals surface area (Å²) in [6, 6.07) is 15.3. The lowest BCUT2D eigenvalue weighted by Gasteiger charge is -2.24. The molecular weight excluding hydrogens is 420 g/mol. The van der Waals surface area contributed by atoms with Crippen LogP contribution in [0.2, 0.25) is 0 Å². The molecule has 148 valence electrons. The molecule has 0 aliphatic heterocycles. The minimum atomic E-state index is -4.05. The Morgan fingerprint density at radius 2 is 1.64 bits per heavy atom. The van der Waals surface area contributed by atoms with E-state index in [-0.39, 0.29) is 16.3 Å². The van der Waals surface area contributed by atoms with Gasteiger partial charge < -0.3 is 4.74 Å². The van der Waals surface area contributed by atoms with Gasteiger partial charge in [-0.05, 0) is 53.9 Å². The Bertz CT molecular complexity index is 1160. The molecule has 0 atom stereocenters. The lowest BCUT2D eigenvalue weighted by molar-refractivity contribution is 0.415. The van der Waals surface area contributed by atoms with Crippen LogP contribution in [0, 0.1) is 0 Å². The molecule has 3 rings (SSSR count). The van der Waals surface area contributed by atoms with E-state index in [0.29, 0.717) is 11.4 Å². The second-order valence-electron chi connectivity index (χ2n) is 5.81. The highest BCUT2D eigenvalue weighted by Crippen LogP contribution is 2.29. The third kappa shape index (κ3) is 4.36. The van der Waals surface area contributed by atoms with E-state index in [1.807, 2.05) is 17.5 Å². The Hall–Kier alpha value is -2.40. The van der Waals surface area contributed by atoms with E-state index < -0.39 is 20.0 Å². The van der Waals surface area contributed by atoms with Gasteiger partial charge in [0, 0.05) is 4.88 Å². The molecule has 0 fully saturated rings. The smallest absolute Gasteiger partial charge is 0.264 e. The molecule has 7 nitrogen and oxygen atoms in total. The topological polar surface area (TPSA) is 107 Å². The van der Waals surface area contributed by atoms with Crippen molar-refractivity contribution in [2.75, 3.05) is 11.4 Å². The number of primary sulfonamides is 1. The molecule has 0 saturated carbocycles. The van der Waals surface area contributed by atoms with E-state index in [1.165, 1.54) is 41.0 Å². The Morgan fingerprint density at radius 3 is 2.21 bits per heavy atom. The third-order valence-corrected chi connectivity index (χ3v) is 7.50. The standard InChI is InChI=1S/C18H18N2O5S3/c1-25-15-9-7-14(8-10-15)20(13-16-4-3-11-26-16)28(23,24)18-6-2-5-17(12-18)27(19,21)22/h2-12H,13H2,1H3,(H2,19,21,22). The molecule has 1 heterocycles. The van der Waals surface area contributed by atoms with E-state index in [2.05, 4.69) is 0 Å². The second-order valence-corrected chi connectivity index (χ2v) is 10.3. The quantitative estimate of drug-likeness (QED) is 0.610. The van der Waals surface area contributed by atoms with Gasteiger partial charge in [0.15, 0.2) is 0 Å². The number of hydrogen-bond acceptors (Lipinski definition) is 6. The zero-order chi connectivity index (χ0) is 20.4. The fourth-order valence-electron chi connectivity index (χ4n) is 2.55. The van der Waals surface area contributed by atoms with Crippen molar-refractivity contribution in [3.8, 4) is 5.75 Å². The van der Waals surface area contributed by atoms with Crippen molar-refractivity contribution >= 4 is 37.1 Å². The Balaban J connectivity index is 2.10. The van der Waals surface area contributed by atoms with Crippen molar-refractivity contribution in [3.05, 3.63) is 70.9 Å². The molecule has 0 saturated heterocycles. The lowest BCUT2D eigenvalue weighted by Crippen LogP contribution is -2.30. The maximum Gasteiger partial charge on any atom is 0.264 e. The van der Waals surface area contributed by atoms with Gasteiger partial charge in [-0.25, -0.2) is 22.0 Å². The first-order valence-corrected chi connectivity index (χ1v) is 11.9. The predicted molar refractivity (Wildman–Crippen MR) is 108 cm³/mol. The maximum atomic E-state index is 13.4. The zero-order valence-electron chi connectivity index (χ0n) is 14.8. The van der Waals surface area contributed by atoms with E-state index in [1.54, 1.807) is 24.3 Å². The first-order valence-electron chi connectivity index (χ1n) is 8.04. The number of methoxy groups -OCH3 is 1. The van der Waals surface area contributed by atoms with Gasteiger partial charge in [-0.3, -0.25) is 4.31 Å². The van der Waals surface area contributed by atoms with Crippen molar-refractivity contribution in [2.45, 2.75) is 16.3 Å². The van der Waals surface area contributed by atoms with Gasteiger partial charge >= 0.3 is 0 Å². The largest absolute Gasteiger partial charge is 0.497 e. The lowest BCUT2D eigenvalue weighted by atomic mass is 10.3. The van der Waals surface area contributed by atoms with Crippen molar-refractivity contribution in [1.29, 1.82) is 0 Å². The number of anilines is 1. The molecule has 10 heteroatoms. The van der Waals surface area contributed by atoms with Crippen LogP contribution in [0.15, 0.2) is 75.8 Å². The summed E-state index contributed by atoms with van der Waals surface area (Å²) in [6.07, 6.45) is 0. The van der Waals surface area contributed by atoms with Crippen molar-refractivity contribution in [3.63, 3.8) is 0 Å². The van der Waals surface area contributed by atoms with Gasteiger partial charge in [0.1, 0.15) is 5.75 Å². The zero-order valence-corrected chi connectivity index (χ0v) is 17.3. The highest BCUT2D eigenvalue weighted by molar-refractivity contribution is 7.93. The number of benzene rings is 2. The number of ether oxygens (including phenoxy) is 1. The molecule has 2 N–H and O–H groups in total. The SMILES string of the molecule is COc1ccc(N(Cc2cccs2)S(=O)(=O)c2cccc(S(N)(=O)=O)c2)cc1. The normalized spacial score (nSPS) is 11.9. The monoisotopic (exact) mass is 438 g/mol. The number of nitrogens with two attached hydrogens (primary N) is 1. The molecule has 0 bridgehead atoms. The van der Waals surface area contributed by atoms with E-state index in [4.69, 9.17) is 9.88 Å². The van der Waals surface area contributed by atoms with E-state index in [9.17, 15) is 16.8 Å². The average molecular weight is 439 g/mol. The first kappa shape index (κ1) is 20.3. The molecule has 0 aliphatic rings. The van der Waals surface area contributed by atoms with Crippen LogP contribution in [0.25, 0.3) is 0 Å². The highest BCUT2D eigenvalue weighted by Gasteiger charge is 2.27. The van der Waals surface area contributed by atoms with Crippen LogP contribution >= 0.6 is 11.3 Å².